The number of aromatic nitrogens is 8. The van der Waals surface area contributed by atoms with Gasteiger partial charge in [0, 0.05) is 42.5 Å². The van der Waals surface area contributed by atoms with Crippen molar-refractivity contribution < 1.29 is 13.2 Å². The van der Waals surface area contributed by atoms with Crippen molar-refractivity contribution in [3.8, 4) is 0 Å². The molecular weight excluding hydrogens is 707 g/mol. The molecule has 14 heteroatoms. The van der Waals surface area contributed by atoms with Gasteiger partial charge < -0.3 is 0 Å². The Hall–Kier alpha value is -4.66. The number of rotatable bonds is 12. The number of sulfonamides is 1. The highest BCUT2D eigenvalue weighted by atomic mass is 32.2. The molecule has 12 nitrogen and oxygen atoms in total. The number of thiazole rings is 1. The third-order valence-corrected chi connectivity index (χ3v) is 13.6. The van der Waals surface area contributed by atoms with E-state index in [1.807, 2.05) is 68.9 Å². The smallest absolute Gasteiger partial charge is 0.243 e. The topological polar surface area (TPSA) is 142 Å². The fourth-order valence-corrected chi connectivity index (χ4v) is 9.98. The van der Waals surface area contributed by atoms with Gasteiger partial charge in [0.15, 0.2) is 5.82 Å². The number of fused-ring (bicyclic) bond motifs is 2. The minimum absolute atomic E-state index is 0.0255. The van der Waals surface area contributed by atoms with Gasteiger partial charge in [-0.15, -0.1) is 21.5 Å². The summed E-state index contributed by atoms with van der Waals surface area (Å²) < 4.78 is 33.6. The zero-order valence-corrected chi connectivity index (χ0v) is 32.7. The van der Waals surface area contributed by atoms with Crippen molar-refractivity contribution in [1.82, 2.24) is 44.5 Å². The lowest BCUT2D eigenvalue weighted by Crippen LogP contribution is -2.35. The molecule has 53 heavy (non-hydrogen) atoms. The molecule has 1 aliphatic rings. The summed E-state index contributed by atoms with van der Waals surface area (Å²) in [4.78, 5) is 19.4. The molecule has 0 saturated carbocycles. The average Bonchev–Trinajstić information content (AvgIpc) is 3.91. The summed E-state index contributed by atoms with van der Waals surface area (Å²) in [6.07, 6.45) is 3.35. The van der Waals surface area contributed by atoms with E-state index in [0.29, 0.717) is 30.4 Å². The Morgan fingerprint density at radius 1 is 1.00 bits per heavy atom. The Labute approximate surface area is 314 Å². The largest absolute Gasteiger partial charge is 0.299 e. The second-order valence-electron chi connectivity index (χ2n) is 14.6. The highest BCUT2D eigenvalue weighted by Crippen LogP contribution is 2.45. The van der Waals surface area contributed by atoms with Crippen molar-refractivity contribution in [2.24, 2.45) is 11.3 Å². The fraction of sp³-hybridized carbons (Fsp3) is 0.410. The maximum Gasteiger partial charge on any atom is 0.243 e. The molecule has 6 aromatic rings. The number of carbonyl (C=O) groups is 1. The molecule has 276 valence electrons. The molecular formula is C39H45N9O3S2. The average molecular weight is 752 g/mol. The molecule has 0 unspecified atom stereocenters. The predicted molar refractivity (Wildman–Crippen MR) is 204 cm³/mol. The van der Waals surface area contributed by atoms with Crippen LogP contribution in [0.3, 0.4) is 0 Å². The van der Waals surface area contributed by atoms with E-state index < -0.39 is 21.4 Å². The Morgan fingerprint density at radius 2 is 1.81 bits per heavy atom. The maximum atomic E-state index is 14.6. The number of hydrogen-bond donors (Lipinski definition) is 0. The standard InChI is InChI=1S/C39H45N9O3S2/c1-7-27-19-28-11-9-10-12-33(28)53(50,51)46(22-27)23-30-20-29(14-13-25(30)3)37(31-15-16-32-38(26(31)4)42-44-47(32)8-2)39(5,6)34(49)21-35-41-43-45-48(35)24-36-40-17-18-52-36/h9-18,20,27,37H,7-8,19,21-24H2,1-6H3/t27-,37-/m0/s1. The molecule has 7 rings (SSSR count). The number of aryl methyl sites for hydroxylation is 3. The van der Waals surface area contributed by atoms with Crippen molar-refractivity contribution in [3.63, 3.8) is 0 Å². The van der Waals surface area contributed by atoms with Gasteiger partial charge in [-0.05, 0) is 89.1 Å². The van der Waals surface area contributed by atoms with E-state index in [-0.39, 0.29) is 24.7 Å². The van der Waals surface area contributed by atoms with Crippen LogP contribution in [0.25, 0.3) is 11.0 Å². The molecule has 0 radical (unpaired) electrons. The Kier molecular flexibility index (Phi) is 10.1. The van der Waals surface area contributed by atoms with Gasteiger partial charge in [0.1, 0.15) is 16.3 Å². The van der Waals surface area contributed by atoms with Crippen molar-refractivity contribution >= 4 is 38.2 Å². The number of nitrogens with zero attached hydrogens (tertiary/aromatic N) is 9. The first kappa shape index (κ1) is 36.7. The zero-order valence-electron chi connectivity index (χ0n) is 31.0. The summed E-state index contributed by atoms with van der Waals surface area (Å²) in [7, 11) is -3.75. The molecule has 4 heterocycles. The van der Waals surface area contributed by atoms with E-state index in [4.69, 9.17) is 0 Å². The molecule has 1 aliphatic heterocycles. The fourth-order valence-electron chi connectivity index (χ4n) is 7.66. The summed E-state index contributed by atoms with van der Waals surface area (Å²) >= 11 is 1.51. The molecule has 3 aromatic carbocycles. The maximum absolute atomic E-state index is 14.6. The van der Waals surface area contributed by atoms with E-state index in [2.05, 4.69) is 55.9 Å². The number of ketones is 1. The number of carbonyl (C=O) groups excluding carboxylic acids is 1. The lowest BCUT2D eigenvalue weighted by Gasteiger charge is -2.35. The molecule has 0 amide bonds. The Balaban J connectivity index is 1.30. The van der Waals surface area contributed by atoms with Crippen LogP contribution in [0.4, 0.5) is 0 Å². The van der Waals surface area contributed by atoms with E-state index in [1.165, 1.54) is 11.3 Å². The van der Waals surface area contributed by atoms with Gasteiger partial charge in [0.25, 0.3) is 0 Å². The minimum atomic E-state index is -3.75. The molecule has 0 N–H and O–H groups in total. The predicted octanol–water partition coefficient (Wildman–Crippen LogP) is 6.30. The highest BCUT2D eigenvalue weighted by Gasteiger charge is 2.41. The summed E-state index contributed by atoms with van der Waals surface area (Å²) in [5.41, 5.74) is 6.34. The van der Waals surface area contributed by atoms with Crippen LogP contribution in [0.5, 0.6) is 0 Å². The number of Topliss-reactive ketones (excluding diaryl/α,β-unsaturated/α-hetero) is 1. The number of benzene rings is 3. The second kappa shape index (κ2) is 14.6. The van der Waals surface area contributed by atoms with Crippen LogP contribution >= 0.6 is 11.3 Å². The summed E-state index contributed by atoms with van der Waals surface area (Å²) in [6.45, 7) is 13.9. The summed E-state index contributed by atoms with van der Waals surface area (Å²) in [6, 6.07) is 17.7. The minimum Gasteiger partial charge on any atom is -0.299 e. The van der Waals surface area contributed by atoms with Crippen LogP contribution in [-0.2, 0) is 47.3 Å². The van der Waals surface area contributed by atoms with Crippen molar-refractivity contribution in [2.75, 3.05) is 6.54 Å². The number of hydrogen-bond acceptors (Lipinski definition) is 10. The van der Waals surface area contributed by atoms with Crippen LogP contribution < -0.4 is 0 Å². The molecule has 0 fully saturated rings. The Morgan fingerprint density at radius 3 is 2.57 bits per heavy atom. The molecule has 0 bridgehead atoms. The van der Waals surface area contributed by atoms with Crippen LogP contribution in [0, 0.1) is 25.2 Å². The van der Waals surface area contributed by atoms with E-state index in [0.717, 1.165) is 62.3 Å². The SMILES string of the molecule is CC[C@H]1Cc2ccccc2S(=O)(=O)N(Cc2cc([C@@H](c3ccc4c(nnn4CC)c3C)C(C)(C)C(=O)Cc3nnnn3Cc3nccs3)ccc2C)C1. The highest BCUT2D eigenvalue weighted by molar-refractivity contribution is 7.89. The summed E-state index contributed by atoms with van der Waals surface area (Å²) in [5.74, 6) is 0.212. The van der Waals surface area contributed by atoms with Crippen molar-refractivity contribution in [1.29, 1.82) is 0 Å². The third-order valence-electron chi connectivity index (χ3n) is 10.9. The zero-order chi connectivity index (χ0) is 37.5. The first-order valence-electron chi connectivity index (χ1n) is 18.1. The van der Waals surface area contributed by atoms with E-state index >= 15 is 0 Å². The van der Waals surface area contributed by atoms with Gasteiger partial charge in [-0.2, -0.15) is 4.31 Å². The van der Waals surface area contributed by atoms with Crippen LogP contribution in [0.15, 0.2) is 71.1 Å². The molecule has 0 aliphatic carbocycles. The van der Waals surface area contributed by atoms with Crippen molar-refractivity contribution in [2.45, 2.75) is 91.3 Å². The molecule has 0 spiro atoms. The van der Waals surface area contributed by atoms with Crippen LogP contribution in [-0.4, -0.2) is 65.2 Å². The van der Waals surface area contributed by atoms with Crippen molar-refractivity contribution in [3.05, 3.63) is 110 Å². The van der Waals surface area contributed by atoms with Gasteiger partial charge in [0.05, 0.1) is 23.4 Å². The Bertz CT molecular complexity index is 2380. The lowest BCUT2D eigenvalue weighted by molar-refractivity contribution is -0.127. The van der Waals surface area contributed by atoms with Gasteiger partial charge in [-0.3, -0.25) is 4.79 Å². The number of tetrazole rings is 1. The first-order valence-corrected chi connectivity index (χ1v) is 20.4. The first-order chi connectivity index (χ1) is 25.4. The molecule has 0 saturated heterocycles. The molecule has 3 aromatic heterocycles. The van der Waals surface area contributed by atoms with Gasteiger partial charge in [0.2, 0.25) is 10.0 Å². The lowest BCUT2D eigenvalue weighted by atomic mass is 9.67. The van der Waals surface area contributed by atoms with Crippen LogP contribution in [0.1, 0.15) is 84.2 Å². The van der Waals surface area contributed by atoms with Crippen LogP contribution in [0.2, 0.25) is 0 Å². The van der Waals surface area contributed by atoms with Gasteiger partial charge >= 0.3 is 0 Å². The summed E-state index contributed by atoms with van der Waals surface area (Å²) in [5, 5.41) is 24.0. The normalized spacial score (nSPS) is 16.8. The van der Waals surface area contributed by atoms with Gasteiger partial charge in [-0.25, -0.2) is 22.8 Å². The second-order valence-corrected chi connectivity index (χ2v) is 17.4. The molecule has 2 atom stereocenters. The van der Waals surface area contributed by atoms with E-state index in [1.54, 1.807) is 27.3 Å². The van der Waals surface area contributed by atoms with Gasteiger partial charge in [-0.1, -0.05) is 74.9 Å². The third kappa shape index (κ3) is 6.95. The monoisotopic (exact) mass is 751 g/mol. The quantitative estimate of drug-likeness (QED) is 0.141. The van der Waals surface area contributed by atoms with E-state index in [9.17, 15) is 13.2 Å².